The zero-order valence-electron chi connectivity index (χ0n) is 16.2. The van der Waals surface area contributed by atoms with E-state index in [0.717, 1.165) is 11.1 Å². The number of rotatable bonds is 8. The molecule has 0 aliphatic rings. The largest absolute Gasteiger partial charge is 0.497 e. The van der Waals surface area contributed by atoms with E-state index in [1.54, 1.807) is 44.2 Å². The molecule has 2 aromatic rings. The summed E-state index contributed by atoms with van der Waals surface area (Å²) in [6.45, 7) is 4.64. The first kappa shape index (κ1) is 20.3. The molecule has 0 spiro atoms. The molecule has 0 fully saturated rings. The van der Waals surface area contributed by atoms with Gasteiger partial charge in [0.25, 0.3) is 0 Å². The van der Waals surface area contributed by atoms with Crippen molar-refractivity contribution in [3.8, 4) is 11.5 Å². The van der Waals surface area contributed by atoms with Crippen LogP contribution in [0, 0.1) is 0 Å². The van der Waals surface area contributed by atoms with Crippen LogP contribution in [-0.4, -0.2) is 37.5 Å². The Labute approximate surface area is 160 Å². The lowest BCUT2D eigenvalue weighted by Gasteiger charge is -2.19. The van der Waals surface area contributed by atoms with Crippen molar-refractivity contribution >= 4 is 17.5 Å². The van der Waals surface area contributed by atoms with Crippen molar-refractivity contribution in [2.24, 2.45) is 0 Å². The molecule has 6 nitrogen and oxygen atoms in total. The smallest absolute Gasteiger partial charge is 0.228 e. The molecule has 27 heavy (non-hydrogen) atoms. The quantitative estimate of drug-likeness (QED) is 0.774. The van der Waals surface area contributed by atoms with Gasteiger partial charge in [-0.25, -0.2) is 0 Å². The van der Waals surface area contributed by atoms with Crippen molar-refractivity contribution in [1.82, 2.24) is 4.90 Å². The maximum atomic E-state index is 12.5. The molecule has 144 valence electrons. The molecule has 0 saturated heterocycles. The molecule has 0 saturated carbocycles. The van der Waals surface area contributed by atoms with Gasteiger partial charge in [-0.15, -0.1) is 0 Å². The number of hydrogen-bond donors (Lipinski definition) is 1. The number of carbonyl (C=O) groups is 2. The van der Waals surface area contributed by atoms with E-state index in [-0.39, 0.29) is 18.2 Å². The van der Waals surface area contributed by atoms with Gasteiger partial charge >= 0.3 is 0 Å². The molecule has 0 bridgehead atoms. The van der Waals surface area contributed by atoms with Crippen LogP contribution in [0.1, 0.15) is 25.0 Å². The van der Waals surface area contributed by atoms with Crippen LogP contribution in [0.5, 0.6) is 11.5 Å². The average Bonchev–Trinajstić information content (AvgIpc) is 2.65. The number of anilines is 1. The van der Waals surface area contributed by atoms with E-state index in [1.807, 2.05) is 31.2 Å². The minimum absolute atomic E-state index is 0.0251. The highest BCUT2D eigenvalue weighted by atomic mass is 16.5. The Bertz CT molecular complexity index is 805. The van der Waals surface area contributed by atoms with Crippen molar-refractivity contribution in [2.45, 2.75) is 26.8 Å². The van der Waals surface area contributed by atoms with Crippen LogP contribution in [0.2, 0.25) is 0 Å². The third kappa shape index (κ3) is 5.74. The second-order valence-electron chi connectivity index (χ2n) is 6.14. The Hall–Kier alpha value is -3.02. The van der Waals surface area contributed by atoms with Crippen LogP contribution in [0.4, 0.5) is 5.69 Å². The summed E-state index contributed by atoms with van der Waals surface area (Å²) in [4.78, 5) is 25.8. The van der Waals surface area contributed by atoms with Crippen LogP contribution in [0.25, 0.3) is 0 Å². The molecule has 0 heterocycles. The summed E-state index contributed by atoms with van der Waals surface area (Å²) in [5, 5.41) is 2.90. The number of nitrogens with zero attached hydrogens (tertiary/aromatic N) is 1. The van der Waals surface area contributed by atoms with Gasteiger partial charge < -0.3 is 19.7 Å². The molecular weight excluding hydrogens is 344 g/mol. The van der Waals surface area contributed by atoms with Crippen molar-refractivity contribution in [3.05, 3.63) is 53.6 Å². The summed E-state index contributed by atoms with van der Waals surface area (Å²) in [5.41, 5.74) is 2.40. The zero-order chi connectivity index (χ0) is 19.8. The van der Waals surface area contributed by atoms with E-state index >= 15 is 0 Å². The van der Waals surface area contributed by atoms with E-state index in [0.29, 0.717) is 30.3 Å². The monoisotopic (exact) mass is 370 g/mol. The first-order valence-electron chi connectivity index (χ1n) is 8.82. The van der Waals surface area contributed by atoms with Crippen LogP contribution in [0.3, 0.4) is 0 Å². The third-order valence-electron chi connectivity index (χ3n) is 4.25. The molecule has 1 N–H and O–H groups in total. The Kier molecular flexibility index (Phi) is 7.23. The van der Waals surface area contributed by atoms with Crippen molar-refractivity contribution in [3.63, 3.8) is 0 Å². The normalized spacial score (nSPS) is 10.2. The maximum absolute atomic E-state index is 12.5. The number of methoxy groups -OCH3 is 2. The summed E-state index contributed by atoms with van der Waals surface area (Å²) >= 11 is 0. The van der Waals surface area contributed by atoms with Gasteiger partial charge in [-0.05, 0) is 42.8 Å². The summed E-state index contributed by atoms with van der Waals surface area (Å²) < 4.78 is 10.5. The van der Waals surface area contributed by atoms with Gasteiger partial charge in [0.1, 0.15) is 11.5 Å². The Morgan fingerprint density at radius 2 is 1.85 bits per heavy atom. The lowest BCUT2D eigenvalue weighted by atomic mass is 10.1. The standard InChI is InChI=1S/C21H26N2O4/c1-5-23(15(2)24)14-16-7-6-8-18(11-16)22-21(25)13-17-12-19(26-3)9-10-20(17)27-4/h6-12H,5,13-14H2,1-4H3,(H,22,25). The predicted octanol–water partition coefficient (Wildman–Crippen LogP) is 3.25. The third-order valence-corrected chi connectivity index (χ3v) is 4.25. The minimum atomic E-state index is -0.155. The van der Waals surface area contributed by atoms with E-state index in [4.69, 9.17) is 9.47 Å². The van der Waals surface area contributed by atoms with E-state index in [1.165, 1.54) is 0 Å². The van der Waals surface area contributed by atoms with E-state index in [9.17, 15) is 9.59 Å². The van der Waals surface area contributed by atoms with Crippen molar-refractivity contribution < 1.29 is 19.1 Å². The average molecular weight is 370 g/mol. The molecule has 0 aromatic heterocycles. The molecule has 6 heteroatoms. The highest BCUT2D eigenvalue weighted by molar-refractivity contribution is 5.92. The van der Waals surface area contributed by atoms with E-state index < -0.39 is 0 Å². The molecule has 2 aromatic carbocycles. The summed E-state index contributed by atoms with van der Waals surface area (Å²) in [6.07, 6.45) is 0.166. The Morgan fingerprint density at radius 1 is 1.07 bits per heavy atom. The Morgan fingerprint density at radius 3 is 2.48 bits per heavy atom. The first-order valence-corrected chi connectivity index (χ1v) is 8.82. The lowest BCUT2D eigenvalue weighted by Crippen LogP contribution is -2.27. The van der Waals surface area contributed by atoms with Crippen LogP contribution < -0.4 is 14.8 Å². The number of benzene rings is 2. The SMILES string of the molecule is CCN(Cc1cccc(NC(=O)Cc2cc(OC)ccc2OC)c1)C(C)=O. The predicted molar refractivity (Wildman–Crippen MR) is 105 cm³/mol. The van der Waals surface area contributed by atoms with Gasteiger partial charge in [0.15, 0.2) is 0 Å². The molecule has 2 amide bonds. The lowest BCUT2D eigenvalue weighted by molar-refractivity contribution is -0.129. The minimum Gasteiger partial charge on any atom is -0.497 e. The summed E-state index contributed by atoms with van der Waals surface area (Å²) in [7, 11) is 3.15. The number of nitrogens with one attached hydrogen (secondary N) is 1. The molecule has 0 radical (unpaired) electrons. The van der Waals surface area contributed by atoms with Gasteiger partial charge in [0.05, 0.1) is 20.6 Å². The van der Waals surface area contributed by atoms with Crippen molar-refractivity contribution in [1.29, 1.82) is 0 Å². The van der Waals surface area contributed by atoms with Gasteiger partial charge in [-0.3, -0.25) is 9.59 Å². The summed E-state index contributed by atoms with van der Waals surface area (Å²) in [5.74, 6) is 1.18. The fourth-order valence-corrected chi connectivity index (χ4v) is 2.81. The van der Waals surface area contributed by atoms with Crippen LogP contribution in [-0.2, 0) is 22.6 Å². The van der Waals surface area contributed by atoms with Crippen LogP contribution >= 0.6 is 0 Å². The second kappa shape index (κ2) is 9.62. The number of carbonyl (C=O) groups excluding carboxylic acids is 2. The van der Waals surface area contributed by atoms with Gasteiger partial charge in [-0.2, -0.15) is 0 Å². The molecule has 0 atom stereocenters. The fraction of sp³-hybridized carbons (Fsp3) is 0.333. The van der Waals surface area contributed by atoms with Gasteiger partial charge in [-0.1, -0.05) is 12.1 Å². The Balaban J connectivity index is 2.08. The maximum Gasteiger partial charge on any atom is 0.228 e. The second-order valence-corrected chi connectivity index (χ2v) is 6.14. The fourth-order valence-electron chi connectivity index (χ4n) is 2.81. The van der Waals surface area contributed by atoms with Gasteiger partial charge in [0, 0.05) is 31.3 Å². The molecule has 0 aliphatic carbocycles. The number of ether oxygens (including phenoxy) is 2. The first-order chi connectivity index (χ1) is 13.0. The zero-order valence-corrected chi connectivity index (χ0v) is 16.2. The van der Waals surface area contributed by atoms with Crippen LogP contribution in [0.15, 0.2) is 42.5 Å². The molecule has 0 aliphatic heterocycles. The summed E-state index contributed by atoms with van der Waals surface area (Å²) in [6, 6.07) is 12.9. The highest BCUT2D eigenvalue weighted by Crippen LogP contribution is 2.24. The van der Waals surface area contributed by atoms with E-state index in [2.05, 4.69) is 5.32 Å². The molecule has 0 unspecified atom stereocenters. The number of amides is 2. The highest BCUT2D eigenvalue weighted by Gasteiger charge is 2.12. The number of hydrogen-bond acceptors (Lipinski definition) is 4. The molecular formula is C21H26N2O4. The molecule has 2 rings (SSSR count). The van der Waals surface area contributed by atoms with Crippen molar-refractivity contribution in [2.75, 3.05) is 26.1 Å². The topological polar surface area (TPSA) is 67.9 Å². The van der Waals surface area contributed by atoms with Gasteiger partial charge in [0.2, 0.25) is 11.8 Å².